The number of anilines is 1. The normalized spacial score (nSPS) is 21.2. The first-order valence-corrected chi connectivity index (χ1v) is 4.21. The van der Waals surface area contributed by atoms with Crippen molar-refractivity contribution in [2.24, 2.45) is 5.84 Å². The molecule has 12 heavy (non-hydrogen) atoms. The molecule has 0 fully saturated rings. The van der Waals surface area contributed by atoms with Gasteiger partial charge < -0.3 is 5.32 Å². The fourth-order valence-electron chi connectivity index (χ4n) is 1.56. The van der Waals surface area contributed by atoms with Gasteiger partial charge in [0.05, 0.1) is 6.17 Å². The molecule has 1 aromatic carbocycles. The standard InChI is InChI=1S/C9H13N3/c10-12-9-6-5-7-3-1-2-4-8(7)11-9/h1-4,9,11-12H,5-6,10H2/t9-/m1/s1. The van der Waals surface area contributed by atoms with Crippen molar-refractivity contribution >= 4 is 5.69 Å². The van der Waals surface area contributed by atoms with E-state index in [1.54, 1.807) is 0 Å². The molecule has 0 unspecified atom stereocenters. The summed E-state index contributed by atoms with van der Waals surface area (Å²) < 4.78 is 0. The summed E-state index contributed by atoms with van der Waals surface area (Å²) in [4.78, 5) is 0. The predicted molar refractivity (Wildman–Crippen MR) is 49.5 cm³/mol. The molecule has 0 spiro atoms. The van der Waals surface area contributed by atoms with Gasteiger partial charge in [-0.15, -0.1) is 0 Å². The number of hydrogen-bond acceptors (Lipinski definition) is 3. The van der Waals surface area contributed by atoms with E-state index in [1.165, 1.54) is 11.3 Å². The minimum atomic E-state index is 0.222. The number of hydrogen-bond donors (Lipinski definition) is 3. The first-order valence-electron chi connectivity index (χ1n) is 4.21. The largest absolute Gasteiger partial charge is 0.369 e. The Hall–Kier alpha value is -1.06. The molecule has 0 saturated heterocycles. The van der Waals surface area contributed by atoms with Crippen LogP contribution in [-0.4, -0.2) is 6.17 Å². The summed E-state index contributed by atoms with van der Waals surface area (Å²) in [5, 5.41) is 3.31. The Morgan fingerprint density at radius 2 is 2.25 bits per heavy atom. The minimum Gasteiger partial charge on any atom is -0.369 e. The third-order valence-corrected chi connectivity index (χ3v) is 2.25. The number of benzene rings is 1. The average Bonchev–Trinajstić information content (AvgIpc) is 2.17. The van der Waals surface area contributed by atoms with E-state index in [-0.39, 0.29) is 6.17 Å². The summed E-state index contributed by atoms with van der Waals surface area (Å²) in [5.41, 5.74) is 5.31. The van der Waals surface area contributed by atoms with Crippen LogP contribution in [0.4, 0.5) is 5.69 Å². The van der Waals surface area contributed by atoms with Crippen LogP contribution in [0.15, 0.2) is 24.3 Å². The molecule has 3 nitrogen and oxygen atoms in total. The predicted octanol–water partition coefficient (Wildman–Crippen LogP) is 0.834. The zero-order valence-electron chi connectivity index (χ0n) is 6.88. The van der Waals surface area contributed by atoms with E-state index in [0.717, 1.165) is 12.8 Å². The lowest BCUT2D eigenvalue weighted by molar-refractivity contribution is 0.530. The van der Waals surface area contributed by atoms with Crippen molar-refractivity contribution in [1.29, 1.82) is 0 Å². The molecule has 64 valence electrons. The van der Waals surface area contributed by atoms with E-state index >= 15 is 0 Å². The van der Waals surface area contributed by atoms with Crippen LogP contribution in [0.2, 0.25) is 0 Å². The Morgan fingerprint density at radius 3 is 3.08 bits per heavy atom. The lowest BCUT2D eigenvalue weighted by atomic mass is 10.0. The van der Waals surface area contributed by atoms with E-state index in [1.807, 2.05) is 6.07 Å². The molecule has 4 N–H and O–H groups in total. The second-order valence-electron chi connectivity index (χ2n) is 3.06. The quantitative estimate of drug-likeness (QED) is 0.424. The Balaban J connectivity index is 2.23. The van der Waals surface area contributed by atoms with Gasteiger partial charge in [0.1, 0.15) is 0 Å². The van der Waals surface area contributed by atoms with Gasteiger partial charge in [0.15, 0.2) is 0 Å². The van der Waals surface area contributed by atoms with Crippen LogP contribution in [0.3, 0.4) is 0 Å². The molecule has 1 aromatic rings. The van der Waals surface area contributed by atoms with E-state index in [4.69, 9.17) is 5.84 Å². The highest BCUT2D eigenvalue weighted by atomic mass is 15.3. The van der Waals surface area contributed by atoms with Crippen LogP contribution in [0.5, 0.6) is 0 Å². The SMILES string of the molecule is NN[C@@H]1CCc2ccccc2N1. The van der Waals surface area contributed by atoms with E-state index < -0.39 is 0 Å². The van der Waals surface area contributed by atoms with Crippen LogP contribution in [0.1, 0.15) is 12.0 Å². The van der Waals surface area contributed by atoms with Gasteiger partial charge in [-0.1, -0.05) is 18.2 Å². The van der Waals surface area contributed by atoms with E-state index in [0.29, 0.717) is 0 Å². The van der Waals surface area contributed by atoms with Gasteiger partial charge in [-0.3, -0.25) is 5.84 Å². The highest BCUT2D eigenvalue weighted by molar-refractivity contribution is 5.53. The maximum atomic E-state index is 5.35. The molecular weight excluding hydrogens is 150 g/mol. The van der Waals surface area contributed by atoms with Crippen molar-refractivity contribution in [2.45, 2.75) is 19.0 Å². The smallest absolute Gasteiger partial charge is 0.0896 e. The summed E-state index contributed by atoms with van der Waals surface area (Å²) in [7, 11) is 0. The van der Waals surface area contributed by atoms with Gasteiger partial charge in [0.2, 0.25) is 0 Å². The van der Waals surface area contributed by atoms with E-state index in [2.05, 4.69) is 28.9 Å². The van der Waals surface area contributed by atoms with Crippen molar-refractivity contribution < 1.29 is 0 Å². The lowest BCUT2D eigenvalue weighted by Gasteiger charge is -2.25. The van der Waals surface area contributed by atoms with Gasteiger partial charge >= 0.3 is 0 Å². The summed E-state index contributed by atoms with van der Waals surface area (Å²) in [5.74, 6) is 5.35. The topological polar surface area (TPSA) is 50.1 Å². The van der Waals surface area contributed by atoms with Gasteiger partial charge in [-0.25, -0.2) is 5.43 Å². The number of nitrogens with one attached hydrogen (secondary N) is 2. The second-order valence-corrected chi connectivity index (χ2v) is 3.06. The van der Waals surface area contributed by atoms with Crippen LogP contribution >= 0.6 is 0 Å². The summed E-state index contributed by atoms with van der Waals surface area (Å²) in [6.45, 7) is 0. The molecule has 0 amide bonds. The van der Waals surface area contributed by atoms with E-state index in [9.17, 15) is 0 Å². The van der Waals surface area contributed by atoms with Gasteiger partial charge in [0.25, 0.3) is 0 Å². The maximum absolute atomic E-state index is 5.35. The van der Waals surface area contributed by atoms with Crippen LogP contribution in [0, 0.1) is 0 Å². The molecule has 1 atom stereocenters. The van der Waals surface area contributed by atoms with Crippen molar-refractivity contribution in [1.82, 2.24) is 5.43 Å². The average molecular weight is 163 g/mol. The Labute approximate surface area is 71.9 Å². The van der Waals surface area contributed by atoms with Crippen molar-refractivity contribution in [3.05, 3.63) is 29.8 Å². The summed E-state index contributed by atoms with van der Waals surface area (Å²) in [6, 6.07) is 8.33. The van der Waals surface area contributed by atoms with Crippen LogP contribution in [-0.2, 0) is 6.42 Å². The molecule has 3 heteroatoms. The van der Waals surface area contributed by atoms with Gasteiger partial charge in [-0.2, -0.15) is 0 Å². The molecule has 0 aliphatic carbocycles. The number of rotatable bonds is 1. The van der Waals surface area contributed by atoms with Crippen molar-refractivity contribution in [3.8, 4) is 0 Å². The summed E-state index contributed by atoms with van der Waals surface area (Å²) >= 11 is 0. The monoisotopic (exact) mass is 163 g/mol. The molecule has 2 rings (SSSR count). The molecule has 0 bridgehead atoms. The number of nitrogens with two attached hydrogens (primary N) is 1. The van der Waals surface area contributed by atoms with Crippen LogP contribution < -0.4 is 16.6 Å². The first kappa shape index (κ1) is 7.58. The Kier molecular flexibility index (Phi) is 1.98. The fraction of sp³-hybridized carbons (Fsp3) is 0.333. The minimum absolute atomic E-state index is 0.222. The maximum Gasteiger partial charge on any atom is 0.0896 e. The molecular formula is C9H13N3. The number of fused-ring (bicyclic) bond motifs is 1. The molecule has 1 heterocycles. The number of aryl methyl sites for hydroxylation is 1. The zero-order chi connectivity index (χ0) is 8.39. The Bertz CT molecular complexity index is 272. The van der Waals surface area contributed by atoms with Crippen molar-refractivity contribution in [2.75, 3.05) is 5.32 Å². The molecule has 0 aromatic heterocycles. The molecule has 0 radical (unpaired) electrons. The van der Waals surface area contributed by atoms with Crippen molar-refractivity contribution in [3.63, 3.8) is 0 Å². The number of para-hydroxylation sites is 1. The zero-order valence-corrected chi connectivity index (χ0v) is 6.88. The Morgan fingerprint density at radius 1 is 1.42 bits per heavy atom. The third kappa shape index (κ3) is 1.29. The first-order chi connectivity index (χ1) is 5.90. The number of hydrazine groups is 1. The van der Waals surface area contributed by atoms with Gasteiger partial charge in [0, 0.05) is 5.69 Å². The highest BCUT2D eigenvalue weighted by Crippen LogP contribution is 2.22. The fourth-order valence-corrected chi connectivity index (χ4v) is 1.56. The third-order valence-electron chi connectivity index (χ3n) is 2.25. The molecule has 0 saturated carbocycles. The second kappa shape index (κ2) is 3.13. The van der Waals surface area contributed by atoms with Crippen LogP contribution in [0.25, 0.3) is 0 Å². The highest BCUT2D eigenvalue weighted by Gasteiger charge is 2.14. The lowest BCUT2D eigenvalue weighted by Crippen LogP contribution is -2.43. The summed E-state index contributed by atoms with van der Waals surface area (Å²) in [6.07, 6.45) is 2.37. The molecule has 1 aliphatic heterocycles. The van der Waals surface area contributed by atoms with Gasteiger partial charge in [-0.05, 0) is 24.5 Å². The molecule has 1 aliphatic rings.